The van der Waals surface area contributed by atoms with Crippen LogP contribution in [0, 0.1) is 0 Å². The number of likely N-dealkylation sites (N-methyl/N-ethyl adjacent to an activating group) is 1. The first-order valence-electron chi connectivity index (χ1n) is 6.27. The normalized spacial score (nSPS) is 11.7. The average Bonchev–Trinajstić information content (AvgIpc) is 2.26. The van der Waals surface area contributed by atoms with Gasteiger partial charge in [0.15, 0.2) is 0 Å². The third-order valence-corrected chi connectivity index (χ3v) is 2.94. The lowest BCUT2D eigenvalue weighted by Gasteiger charge is -2.31. The van der Waals surface area contributed by atoms with Crippen molar-refractivity contribution in [1.82, 2.24) is 5.32 Å². The van der Waals surface area contributed by atoms with E-state index < -0.39 is 5.60 Å². The van der Waals surface area contributed by atoms with E-state index in [2.05, 4.69) is 17.1 Å². The molecule has 1 aromatic carbocycles. The summed E-state index contributed by atoms with van der Waals surface area (Å²) >= 11 is 6.04. The summed E-state index contributed by atoms with van der Waals surface area (Å²) < 4.78 is 0. The molecule has 0 aliphatic carbocycles. The maximum atomic E-state index is 9.97. The first kappa shape index (κ1) is 15.3. The van der Waals surface area contributed by atoms with Gasteiger partial charge in [-0.15, -0.1) is 0 Å². The molecule has 0 amide bonds. The molecule has 0 aromatic heterocycles. The van der Waals surface area contributed by atoms with Gasteiger partial charge in [0.1, 0.15) is 0 Å². The number of hydrogen-bond acceptors (Lipinski definition) is 3. The average molecular weight is 271 g/mol. The quantitative estimate of drug-likeness (QED) is 0.834. The van der Waals surface area contributed by atoms with Crippen molar-refractivity contribution in [1.29, 1.82) is 0 Å². The Morgan fingerprint density at radius 1 is 1.39 bits per heavy atom. The first-order valence-corrected chi connectivity index (χ1v) is 6.65. The Morgan fingerprint density at radius 2 is 2.06 bits per heavy atom. The third kappa shape index (κ3) is 4.48. The molecule has 3 nitrogen and oxygen atoms in total. The Labute approximate surface area is 115 Å². The minimum Gasteiger partial charge on any atom is -0.389 e. The zero-order valence-corrected chi connectivity index (χ0v) is 12.4. The topological polar surface area (TPSA) is 35.5 Å². The molecule has 0 aliphatic heterocycles. The van der Waals surface area contributed by atoms with Crippen LogP contribution in [0.15, 0.2) is 18.2 Å². The van der Waals surface area contributed by atoms with Crippen LogP contribution in [-0.4, -0.2) is 30.8 Å². The molecule has 0 saturated carbocycles. The SMILES string of the molecule is CCN(CC(C)(C)O)c1ccc(Cl)cc1CNC. The maximum absolute atomic E-state index is 9.97. The van der Waals surface area contributed by atoms with E-state index in [0.717, 1.165) is 29.4 Å². The summed E-state index contributed by atoms with van der Waals surface area (Å²) in [5.41, 5.74) is 1.56. The van der Waals surface area contributed by atoms with Crippen LogP contribution in [-0.2, 0) is 6.54 Å². The van der Waals surface area contributed by atoms with Crippen LogP contribution in [0.25, 0.3) is 0 Å². The van der Waals surface area contributed by atoms with Crippen LogP contribution in [0.1, 0.15) is 26.3 Å². The van der Waals surface area contributed by atoms with Crippen LogP contribution in [0.4, 0.5) is 5.69 Å². The predicted octanol–water partition coefficient (Wildman–Crippen LogP) is 2.66. The predicted molar refractivity (Wildman–Crippen MR) is 78.4 cm³/mol. The molecule has 2 N–H and O–H groups in total. The largest absolute Gasteiger partial charge is 0.389 e. The summed E-state index contributed by atoms with van der Waals surface area (Å²) in [6.07, 6.45) is 0. The van der Waals surface area contributed by atoms with Crippen molar-refractivity contribution < 1.29 is 5.11 Å². The fourth-order valence-electron chi connectivity index (χ4n) is 2.03. The molecular formula is C14H23ClN2O. The van der Waals surface area contributed by atoms with Gasteiger partial charge in [-0.25, -0.2) is 0 Å². The summed E-state index contributed by atoms with van der Waals surface area (Å²) in [7, 11) is 1.91. The van der Waals surface area contributed by atoms with Crippen LogP contribution < -0.4 is 10.2 Å². The van der Waals surface area contributed by atoms with Gasteiger partial charge in [0, 0.05) is 30.3 Å². The highest BCUT2D eigenvalue weighted by Gasteiger charge is 2.19. The molecule has 18 heavy (non-hydrogen) atoms. The van der Waals surface area contributed by atoms with E-state index in [4.69, 9.17) is 11.6 Å². The zero-order chi connectivity index (χ0) is 13.8. The summed E-state index contributed by atoms with van der Waals surface area (Å²) in [5.74, 6) is 0. The second-order valence-corrected chi connectivity index (χ2v) is 5.57. The van der Waals surface area contributed by atoms with Crippen LogP contribution in [0.5, 0.6) is 0 Å². The monoisotopic (exact) mass is 270 g/mol. The highest BCUT2D eigenvalue weighted by Crippen LogP contribution is 2.25. The van der Waals surface area contributed by atoms with Crippen molar-refractivity contribution in [3.8, 4) is 0 Å². The van der Waals surface area contributed by atoms with Crippen molar-refractivity contribution in [2.24, 2.45) is 0 Å². The van der Waals surface area contributed by atoms with Crippen LogP contribution >= 0.6 is 11.6 Å². The number of benzene rings is 1. The van der Waals surface area contributed by atoms with Crippen molar-refractivity contribution in [3.05, 3.63) is 28.8 Å². The van der Waals surface area contributed by atoms with E-state index in [1.807, 2.05) is 39.1 Å². The molecule has 0 spiro atoms. The standard InChI is InChI=1S/C14H23ClN2O/c1-5-17(10-14(2,3)18)13-7-6-12(15)8-11(13)9-16-4/h6-8,16,18H,5,9-10H2,1-4H3. The Hall–Kier alpha value is -0.770. The van der Waals surface area contributed by atoms with Gasteiger partial charge < -0.3 is 15.3 Å². The fraction of sp³-hybridized carbons (Fsp3) is 0.571. The number of nitrogens with one attached hydrogen (secondary N) is 1. The van der Waals surface area contributed by atoms with Crippen molar-refractivity contribution >= 4 is 17.3 Å². The van der Waals surface area contributed by atoms with Gasteiger partial charge in [-0.1, -0.05) is 11.6 Å². The van der Waals surface area contributed by atoms with Gasteiger partial charge in [-0.05, 0) is 51.6 Å². The van der Waals surface area contributed by atoms with Gasteiger partial charge in [0.05, 0.1) is 5.60 Å². The summed E-state index contributed by atoms with van der Waals surface area (Å²) in [5, 5.41) is 13.9. The van der Waals surface area contributed by atoms with Crippen molar-refractivity contribution in [3.63, 3.8) is 0 Å². The smallest absolute Gasteiger partial charge is 0.0765 e. The van der Waals surface area contributed by atoms with E-state index in [-0.39, 0.29) is 0 Å². The van der Waals surface area contributed by atoms with Gasteiger partial charge in [-0.2, -0.15) is 0 Å². The molecule has 102 valence electrons. The van der Waals surface area contributed by atoms with Gasteiger partial charge >= 0.3 is 0 Å². The van der Waals surface area contributed by atoms with Crippen molar-refractivity contribution in [2.75, 3.05) is 25.0 Å². The van der Waals surface area contributed by atoms with Crippen molar-refractivity contribution in [2.45, 2.75) is 32.9 Å². The Kier molecular flexibility index (Phi) is 5.45. The third-order valence-electron chi connectivity index (χ3n) is 2.71. The molecule has 0 saturated heterocycles. The molecule has 1 rings (SSSR count). The Bertz CT molecular complexity index is 388. The van der Waals surface area contributed by atoms with E-state index in [9.17, 15) is 5.11 Å². The number of nitrogens with zero attached hydrogens (tertiary/aromatic N) is 1. The molecule has 0 fully saturated rings. The molecule has 0 bridgehead atoms. The highest BCUT2D eigenvalue weighted by molar-refractivity contribution is 6.30. The minimum atomic E-state index is -0.716. The molecule has 4 heteroatoms. The van der Waals surface area contributed by atoms with Crippen LogP contribution in [0.2, 0.25) is 5.02 Å². The second-order valence-electron chi connectivity index (χ2n) is 5.13. The summed E-state index contributed by atoms with van der Waals surface area (Å²) in [6, 6.07) is 5.88. The Balaban J connectivity index is 3.04. The Morgan fingerprint density at radius 3 is 2.56 bits per heavy atom. The molecular weight excluding hydrogens is 248 g/mol. The lowest BCUT2D eigenvalue weighted by atomic mass is 10.1. The van der Waals surface area contributed by atoms with Gasteiger partial charge in [-0.3, -0.25) is 0 Å². The number of hydrogen-bond donors (Lipinski definition) is 2. The van der Waals surface area contributed by atoms with Crippen LogP contribution in [0.3, 0.4) is 0 Å². The van der Waals surface area contributed by atoms with Gasteiger partial charge in [0.25, 0.3) is 0 Å². The fourth-order valence-corrected chi connectivity index (χ4v) is 2.22. The first-order chi connectivity index (χ1) is 8.37. The zero-order valence-electron chi connectivity index (χ0n) is 11.6. The summed E-state index contributed by atoms with van der Waals surface area (Å²) in [4.78, 5) is 2.17. The van der Waals surface area contributed by atoms with E-state index in [1.54, 1.807) is 0 Å². The number of rotatable bonds is 6. The summed E-state index contributed by atoms with van der Waals surface area (Å²) in [6.45, 7) is 7.94. The van der Waals surface area contributed by atoms with E-state index >= 15 is 0 Å². The highest BCUT2D eigenvalue weighted by atomic mass is 35.5. The molecule has 0 unspecified atom stereocenters. The van der Waals surface area contributed by atoms with Gasteiger partial charge in [0.2, 0.25) is 0 Å². The van der Waals surface area contributed by atoms with E-state index in [0.29, 0.717) is 6.54 Å². The molecule has 0 atom stereocenters. The van der Waals surface area contributed by atoms with E-state index in [1.165, 1.54) is 0 Å². The lowest BCUT2D eigenvalue weighted by Crippen LogP contribution is -2.39. The molecule has 1 aromatic rings. The second kappa shape index (κ2) is 6.41. The molecule has 0 aliphatic rings. The lowest BCUT2D eigenvalue weighted by molar-refractivity contribution is 0.0875. The molecule has 0 heterocycles. The maximum Gasteiger partial charge on any atom is 0.0765 e. The number of halogens is 1. The number of aliphatic hydroxyl groups is 1. The number of anilines is 1. The minimum absolute atomic E-state index is 0.599. The molecule has 0 radical (unpaired) electrons.